The lowest BCUT2D eigenvalue weighted by Gasteiger charge is -2.00. The van der Waals surface area contributed by atoms with E-state index >= 15 is 0 Å². The molecule has 0 aliphatic heterocycles. The molecule has 0 fully saturated rings. The van der Waals surface area contributed by atoms with Crippen LogP contribution in [0.5, 0.6) is 5.75 Å². The molecule has 0 bridgehead atoms. The predicted molar refractivity (Wildman–Crippen MR) is 98.2 cm³/mol. The van der Waals surface area contributed by atoms with Crippen LogP contribution in [-0.2, 0) is 0 Å². The molecule has 0 aromatic carbocycles. The number of ether oxygens (including phenoxy) is 1. The highest BCUT2D eigenvalue weighted by Crippen LogP contribution is 2.46. The van der Waals surface area contributed by atoms with E-state index in [0.717, 1.165) is 57.6 Å². The van der Waals surface area contributed by atoms with Gasteiger partial charge in [-0.05, 0) is 32.4 Å². The van der Waals surface area contributed by atoms with Crippen LogP contribution in [0.25, 0.3) is 22.4 Å². The molecule has 4 heterocycles. The number of allylic oxidation sites excluding steroid dienone is 2. The maximum Gasteiger partial charge on any atom is 0.178 e. The van der Waals surface area contributed by atoms with E-state index in [4.69, 9.17) is 14.7 Å². The van der Waals surface area contributed by atoms with Crippen molar-refractivity contribution in [3.63, 3.8) is 0 Å². The van der Waals surface area contributed by atoms with Crippen LogP contribution in [0.1, 0.15) is 35.0 Å². The van der Waals surface area contributed by atoms with Crippen LogP contribution in [0, 0.1) is 20.8 Å². The Kier molecular flexibility index (Phi) is 2.98. The standard InChI is InChI=1S/C19H18N6O/c1-10-9-20-11(2)19-22-18(23-25(10)19)15-8-14(15)17-12(3)24-6-5-13(26-4)7-16(24)21-17/h5-7,9H,8H2,1-4H3. The third-order valence-electron chi connectivity index (χ3n) is 4.93. The van der Waals surface area contributed by atoms with Crippen LogP contribution in [0.3, 0.4) is 0 Å². The third kappa shape index (κ3) is 2.06. The van der Waals surface area contributed by atoms with Gasteiger partial charge >= 0.3 is 0 Å². The van der Waals surface area contributed by atoms with Crippen LogP contribution in [0.15, 0.2) is 24.5 Å². The van der Waals surface area contributed by atoms with Gasteiger partial charge in [-0.15, -0.1) is 5.10 Å². The largest absolute Gasteiger partial charge is 0.497 e. The number of pyridine rings is 1. The van der Waals surface area contributed by atoms with Gasteiger partial charge in [-0.25, -0.2) is 14.5 Å². The molecule has 26 heavy (non-hydrogen) atoms. The molecule has 7 nitrogen and oxygen atoms in total. The fourth-order valence-corrected chi connectivity index (χ4v) is 3.36. The fraction of sp³-hybridized carbons (Fsp3) is 0.263. The quantitative estimate of drug-likeness (QED) is 0.570. The second-order valence-corrected chi connectivity index (χ2v) is 6.63. The van der Waals surface area contributed by atoms with Gasteiger partial charge in [0.1, 0.15) is 11.4 Å². The van der Waals surface area contributed by atoms with Gasteiger partial charge in [-0.1, -0.05) is 0 Å². The Bertz CT molecular complexity index is 1190. The number of hydrogen-bond donors (Lipinski definition) is 0. The van der Waals surface area contributed by atoms with Gasteiger partial charge in [0.25, 0.3) is 0 Å². The van der Waals surface area contributed by atoms with E-state index in [-0.39, 0.29) is 0 Å². The van der Waals surface area contributed by atoms with Crippen LogP contribution in [0.2, 0.25) is 0 Å². The Morgan fingerprint density at radius 1 is 1.12 bits per heavy atom. The lowest BCUT2D eigenvalue weighted by atomic mass is 10.3. The van der Waals surface area contributed by atoms with E-state index in [2.05, 4.69) is 21.4 Å². The average Bonchev–Trinajstić information content (AvgIpc) is 3.18. The van der Waals surface area contributed by atoms with Crippen molar-refractivity contribution in [3.8, 4) is 5.75 Å². The summed E-state index contributed by atoms with van der Waals surface area (Å²) in [5.74, 6) is 1.58. The highest BCUT2D eigenvalue weighted by atomic mass is 16.5. The Morgan fingerprint density at radius 2 is 1.96 bits per heavy atom. The molecule has 0 N–H and O–H groups in total. The molecular weight excluding hydrogens is 328 g/mol. The molecule has 4 aromatic heterocycles. The predicted octanol–water partition coefficient (Wildman–Crippen LogP) is 3.02. The summed E-state index contributed by atoms with van der Waals surface area (Å²) in [6.45, 7) is 6.02. The molecule has 0 unspecified atom stereocenters. The smallest absolute Gasteiger partial charge is 0.178 e. The summed E-state index contributed by atoms with van der Waals surface area (Å²) in [5.41, 5.74) is 8.06. The van der Waals surface area contributed by atoms with Crippen molar-refractivity contribution < 1.29 is 4.74 Å². The zero-order valence-electron chi connectivity index (χ0n) is 15.1. The SMILES string of the molecule is COc1ccn2c(C)c(C3=C(c4nc5c(C)ncc(C)n5n4)C3)nc2c1. The van der Waals surface area contributed by atoms with Gasteiger partial charge < -0.3 is 9.14 Å². The first kappa shape index (κ1) is 15.1. The molecule has 5 rings (SSSR count). The Labute approximate surface area is 150 Å². The van der Waals surface area contributed by atoms with Crippen LogP contribution in [-0.4, -0.2) is 36.1 Å². The summed E-state index contributed by atoms with van der Waals surface area (Å²) in [7, 11) is 1.66. The molecule has 0 amide bonds. The molecule has 4 aromatic rings. The number of rotatable bonds is 3. The van der Waals surface area contributed by atoms with Gasteiger partial charge in [0.2, 0.25) is 0 Å². The lowest BCUT2D eigenvalue weighted by molar-refractivity contribution is 0.414. The second-order valence-electron chi connectivity index (χ2n) is 6.63. The molecule has 130 valence electrons. The first-order valence-corrected chi connectivity index (χ1v) is 8.51. The monoisotopic (exact) mass is 346 g/mol. The van der Waals surface area contributed by atoms with E-state index in [0.29, 0.717) is 0 Å². The van der Waals surface area contributed by atoms with Crippen molar-refractivity contribution in [2.24, 2.45) is 0 Å². The van der Waals surface area contributed by atoms with Gasteiger partial charge in [0, 0.05) is 36.1 Å². The summed E-state index contributed by atoms with van der Waals surface area (Å²) in [4.78, 5) is 13.9. The van der Waals surface area contributed by atoms with E-state index in [1.54, 1.807) is 7.11 Å². The summed E-state index contributed by atoms with van der Waals surface area (Å²) in [5, 5.41) is 4.67. The number of imidazole rings is 1. The number of nitrogens with zero attached hydrogens (tertiary/aromatic N) is 6. The number of methoxy groups -OCH3 is 1. The van der Waals surface area contributed by atoms with Gasteiger partial charge in [-0.2, -0.15) is 0 Å². The lowest BCUT2D eigenvalue weighted by Crippen LogP contribution is -1.97. The van der Waals surface area contributed by atoms with E-state index < -0.39 is 0 Å². The summed E-state index contributed by atoms with van der Waals surface area (Å²) >= 11 is 0. The molecule has 7 heteroatoms. The van der Waals surface area contributed by atoms with Crippen LogP contribution < -0.4 is 4.74 Å². The molecular formula is C19H18N6O. The van der Waals surface area contributed by atoms with Crippen LogP contribution >= 0.6 is 0 Å². The molecule has 0 radical (unpaired) electrons. The molecule has 0 saturated carbocycles. The van der Waals surface area contributed by atoms with Crippen molar-refractivity contribution in [3.05, 3.63) is 53.1 Å². The fourth-order valence-electron chi connectivity index (χ4n) is 3.36. The summed E-state index contributed by atoms with van der Waals surface area (Å²) in [6, 6.07) is 3.89. The van der Waals surface area contributed by atoms with E-state index in [1.165, 1.54) is 5.57 Å². The zero-order valence-corrected chi connectivity index (χ0v) is 15.1. The number of fused-ring (bicyclic) bond motifs is 2. The average molecular weight is 346 g/mol. The van der Waals surface area contributed by atoms with Crippen molar-refractivity contribution in [2.45, 2.75) is 27.2 Å². The summed E-state index contributed by atoms with van der Waals surface area (Å²) < 4.78 is 9.24. The zero-order chi connectivity index (χ0) is 18.0. The first-order chi connectivity index (χ1) is 12.6. The number of hydrogen-bond acceptors (Lipinski definition) is 5. The number of aryl methyl sites for hydroxylation is 3. The highest BCUT2D eigenvalue weighted by molar-refractivity contribution is 6.06. The summed E-state index contributed by atoms with van der Waals surface area (Å²) in [6.07, 6.45) is 4.68. The maximum atomic E-state index is 5.30. The van der Waals surface area contributed by atoms with Gasteiger partial charge in [-0.3, -0.25) is 4.98 Å². The van der Waals surface area contributed by atoms with E-state index in [9.17, 15) is 0 Å². The third-order valence-corrected chi connectivity index (χ3v) is 4.93. The normalized spacial score (nSPS) is 13.8. The van der Waals surface area contributed by atoms with Crippen molar-refractivity contribution in [1.29, 1.82) is 0 Å². The van der Waals surface area contributed by atoms with Crippen molar-refractivity contribution in [1.82, 2.24) is 29.0 Å². The molecule has 0 spiro atoms. The molecule has 0 atom stereocenters. The molecule has 1 aliphatic rings. The minimum absolute atomic E-state index is 0.772. The number of aromatic nitrogens is 6. The molecule has 0 saturated heterocycles. The van der Waals surface area contributed by atoms with Crippen LogP contribution in [0.4, 0.5) is 0 Å². The topological polar surface area (TPSA) is 69.6 Å². The second kappa shape index (κ2) is 5.14. The first-order valence-electron chi connectivity index (χ1n) is 8.51. The van der Waals surface area contributed by atoms with Crippen molar-refractivity contribution in [2.75, 3.05) is 7.11 Å². The van der Waals surface area contributed by atoms with Gasteiger partial charge in [0.05, 0.1) is 24.2 Å². The minimum Gasteiger partial charge on any atom is -0.497 e. The minimum atomic E-state index is 0.772. The highest BCUT2D eigenvalue weighted by Gasteiger charge is 2.31. The Balaban J connectivity index is 1.63. The maximum absolute atomic E-state index is 5.30. The Hall–Kier alpha value is -3.22. The van der Waals surface area contributed by atoms with E-state index in [1.807, 2.05) is 42.9 Å². The van der Waals surface area contributed by atoms with Gasteiger partial charge in [0.15, 0.2) is 11.5 Å². The molecule has 1 aliphatic carbocycles. The Morgan fingerprint density at radius 3 is 2.73 bits per heavy atom. The van der Waals surface area contributed by atoms with Crippen molar-refractivity contribution >= 4 is 22.4 Å².